The number of halogens is 2. The standard InChI is InChI=1S/C13H14BrFO2/c14-11-4-9(5-12(15)7-11)6-13(16)10-2-1-3-17-8-10/h4-5,7,10H,1-3,6,8H2. The third-order valence-corrected chi connectivity index (χ3v) is 3.37. The molecule has 2 rings (SSSR count). The summed E-state index contributed by atoms with van der Waals surface area (Å²) in [6.45, 7) is 1.25. The molecule has 1 atom stereocenters. The molecule has 1 aliphatic heterocycles. The Morgan fingerprint density at radius 3 is 2.94 bits per heavy atom. The average Bonchev–Trinajstić information content (AvgIpc) is 2.28. The Hall–Kier alpha value is -0.740. The first-order chi connectivity index (χ1) is 8.15. The third-order valence-electron chi connectivity index (χ3n) is 2.92. The van der Waals surface area contributed by atoms with Crippen LogP contribution in [0.1, 0.15) is 18.4 Å². The summed E-state index contributed by atoms with van der Waals surface area (Å²) in [6.07, 6.45) is 2.10. The predicted octanol–water partition coefficient (Wildman–Crippen LogP) is 3.13. The maximum atomic E-state index is 13.2. The molecule has 1 saturated heterocycles. The summed E-state index contributed by atoms with van der Waals surface area (Å²) in [5.74, 6) is -0.199. The van der Waals surface area contributed by atoms with Crippen LogP contribution in [0.2, 0.25) is 0 Å². The minimum atomic E-state index is -0.318. The van der Waals surface area contributed by atoms with E-state index in [0.717, 1.165) is 19.4 Å². The van der Waals surface area contributed by atoms with E-state index in [1.54, 1.807) is 6.07 Å². The first kappa shape index (κ1) is 12.7. The van der Waals surface area contributed by atoms with E-state index in [-0.39, 0.29) is 23.9 Å². The molecule has 0 spiro atoms. The van der Waals surface area contributed by atoms with Crippen LogP contribution in [-0.2, 0) is 16.0 Å². The van der Waals surface area contributed by atoms with Gasteiger partial charge in [0.25, 0.3) is 0 Å². The summed E-state index contributed by atoms with van der Waals surface area (Å²) in [5, 5.41) is 0. The highest BCUT2D eigenvalue weighted by atomic mass is 79.9. The molecule has 1 aromatic rings. The summed E-state index contributed by atoms with van der Waals surface area (Å²) in [6, 6.07) is 4.58. The quantitative estimate of drug-likeness (QED) is 0.857. The number of ketones is 1. The number of hydrogen-bond acceptors (Lipinski definition) is 2. The fourth-order valence-electron chi connectivity index (χ4n) is 2.05. The first-order valence-corrected chi connectivity index (χ1v) is 6.50. The van der Waals surface area contributed by atoms with Crippen molar-refractivity contribution >= 4 is 21.7 Å². The Morgan fingerprint density at radius 1 is 1.47 bits per heavy atom. The number of benzene rings is 1. The van der Waals surface area contributed by atoms with Gasteiger partial charge >= 0.3 is 0 Å². The lowest BCUT2D eigenvalue weighted by molar-refractivity contribution is -0.126. The second-order valence-electron chi connectivity index (χ2n) is 4.33. The second kappa shape index (κ2) is 5.74. The van der Waals surface area contributed by atoms with Crippen LogP contribution >= 0.6 is 15.9 Å². The zero-order valence-electron chi connectivity index (χ0n) is 9.42. The van der Waals surface area contributed by atoms with Crippen molar-refractivity contribution in [1.82, 2.24) is 0 Å². The molecule has 0 N–H and O–H groups in total. The lowest BCUT2D eigenvalue weighted by Gasteiger charge is -2.20. The van der Waals surface area contributed by atoms with Crippen molar-refractivity contribution in [3.05, 3.63) is 34.1 Å². The van der Waals surface area contributed by atoms with Crippen molar-refractivity contribution in [1.29, 1.82) is 0 Å². The number of carbonyl (C=O) groups excluding carboxylic acids is 1. The van der Waals surface area contributed by atoms with Gasteiger partial charge in [-0.15, -0.1) is 0 Å². The van der Waals surface area contributed by atoms with Crippen LogP contribution in [0, 0.1) is 11.7 Å². The lowest BCUT2D eigenvalue weighted by atomic mass is 9.93. The van der Waals surface area contributed by atoms with E-state index in [9.17, 15) is 9.18 Å². The number of hydrogen-bond donors (Lipinski definition) is 0. The van der Waals surface area contributed by atoms with Gasteiger partial charge in [-0.05, 0) is 36.6 Å². The fourth-order valence-corrected chi connectivity index (χ4v) is 2.57. The van der Waals surface area contributed by atoms with E-state index in [1.165, 1.54) is 12.1 Å². The Bertz CT molecular complexity index is 394. The summed E-state index contributed by atoms with van der Waals surface area (Å²) in [4.78, 5) is 12.0. The fraction of sp³-hybridized carbons (Fsp3) is 0.462. The van der Waals surface area contributed by atoms with E-state index in [0.29, 0.717) is 16.6 Å². The molecule has 0 amide bonds. The SMILES string of the molecule is O=C(Cc1cc(F)cc(Br)c1)C1CCCOC1. The van der Waals surface area contributed by atoms with Crippen molar-refractivity contribution in [2.75, 3.05) is 13.2 Å². The Labute approximate surface area is 108 Å². The van der Waals surface area contributed by atoms with Crippen LogP contribution in [-0.4, -0.2) is 19.0 Å². The van der Waals surface area contributed by atoms with Crippen LogP contribution in [0.25, 0.3) is 0 Å². The van der Waals surface area contributed by atoms with Gasteiger partial charge in [0, 0.05) is 23.4 Å². The second-order valence-corrected chi connectivity index (χ2v) is 5.25. The zero-order valence-corrected chi connectivity index (χ0v) is 11.0. The minimum absolute atomic E-state index is 0.0224. The first-order valence-electron chi connectivity index (χ1n) is 5.70. The van der Waals surface area contributed by atoms with Crippen molar-refractivity contribution in [2.45, 2.75) is 19.3 Å². The molecule has 1 fully saturated rings. The Balaban J connectivity index is 2.01. The summed E-state index contributed by atoms with van der Waals surface area (Å²) in [5.41, 5.74) is 0.715. The van der Waals surface area contributed by atoms with Gasteiger partial charge in [0.2, 0.25) is 0 Å². The molecule has 1 aromatic carbocycles. The Kier molecular flexibility index (Phi) is 4.29. The summed E-state index contributed by atoms with van der Waals surface area (Å²) >= 11 is 3.22. The smallest absolute Gasteiger partial charge is 0.142 e. The molecule has 0 radical (unpaired) electrons. The van der Waals surface area contributed by atoms with Gasteiger partial charge < -0.3 is 4.74 Å². The molecule has 0 aromatic heterocycles. The minimum Gasteiger partial charge on any atom is -0.381 e. The van der Waals surface area contributed by atoms with Gasteiger partial charge in [0.15, 0.2) is 0 Å². The molecule has 0 saturated carbocycles. The highest BCUT2D eigenvalue weighted by molar-refractivity contribution is 9.10. The number of ether oxygens (including phenoxy) is 1. The van der Waals surface area contributed by atoms with E-state index in [2.05, 4.69) is 15.9 Å². The van der Waals surface area contributed by atoms with Gasteiger partial charge in [-0.2, -0.15) is 0 Å². The van der Waals surface area contributed by atoms with E-state index in [1.807, 2.05) is 0 Å². The lowest BCUT2D eigenvalue weighted by Crippen LogP contribution is -2.26. The van der Waals surface area contributed by atoms with Gasteiger partial charge in [-0.3, -0.25) is 4.79 Å². The molecule has 1 aliphatic rings. The van der Waals surface area contributed by atoms with Crippen LogP contribution in [0.15, 0.2) is 22.7 Å². The van der Waals surface area contributed by atoms with E-state index >= 15 is 0 Å². The number of rotatable bonds is 3. The van der Waals surface area contributed by atoms with Crippen LogP contribution in [0.5, 0.6) is 0 Å². The molecule has 0 aliphatic carbocycles. The van der Waals surface area contributed by atoms with Crippen molar-refractivity contribution in [2.24, 2.45) is 5.92 Å². The predicted molar refractivity (Wildman–Crippen MR) is 66.4 cm³/mol. The molecule has 2 nitrogen and oxygen atoms in total. The molecular weight excluding hydrogens is 287 g/mol. The maximum absolute atomic E-state index is 13.2. The van der Waals surface area contributed by atoms with Crippen molar-refractivity contribution < 1.29 is 13.9 Å². The highest BCUT2D eigenvalue weighted by Crippen LogP contribution is 2.19. The van der Waals surface area contributed by atoms with Crippen LogP contribution in [0.3, 0.4) is 0 Å². The molecule has 1 unspecified atom stereocenters. The molecule has 92 valence electrons. The number of Topliss-reactive ketones (excluding diaryl/α,β-unsaturated/α-hetero) is 1. The van der Waals surface area contributed by atoms with Crippen LogP contribution in [0.4, 0.5) is 4.39 Å². The molecule has 1 heterocycles. The number of carbonyl (C=O) groups is 1. The zero-order chi connectivity index (χ0) is 12.3. The summed E-state index contributed by atoms with van der Waals surface area (Å²) in [7, 11) is 0. The maximum Gasteiger partial charge on any atom is 0.142 e. The van der Waals surface area contributed by atoms with Crippen molar-refractivity contribution in [3.8, 4) is 0 Å². The largest absolute Gasteiger partial charge is 0.381 e. The third kappa shape index (κ3) is 3.61. The van der Waals surface area contributed by atoms with E-state index < -0.39 is 0 Å². The van der Waals surface area contributed by atoms with Gasteiger partial charge in [0.1, 0.15) is 11.6 Å². The molecule has 0 bridgehead atoms. The monoisotopic (exact) mass is 300 g/mol. The molecular formula is C13H14BrFO2. The van der Waals surface area contributed by atoms with Gasteiger partial charge in [-0.1, -0.05) is 15.9 Å². The Morgan fingerprint density at radius 2 is 2.29 bits per heavy atom. The van der Waals surface area contributed by atoms with Gasteiger partial charge in [-0.25, -0.2) is 4.39 Å². The molecule has 4 heteroatoms. The van der Waals surface area contributed by atoms with Crippen molar-refractivity contribution in [3.63, 3.8) is 0 Å². The molecule has 17 heavy (non-hydrogen) atoms. The van der Waals surface area contributed by atoms with Crippen LogP contribution < -0.4 is 0 Å². The van der Waals surface area contributed by atoms with Gasteiger partial charge in [0.05, 0.1) is 6.61 Å². The summed E-state index contributed by atoms with van der Waals surface area (Å²) < 4.78 is 19.1. The highest BCUT2D eigenvalue weighted by Gasteiger charge is 2.21. The topological polar surface area (TPSA) is 26.3 Å². The van der Waals surface area contributed by atoms with E-state index in [4.69, 9.17) is 4.74 Å². The average molecular weight is 301 g/mol. The normalized spacial score (nSPS) is 20.2.